The summed E-state index contributed by atoms with van der Waals surface area (Å²) in [6, 6.07) is 26.8. The van der Waals surface area contributed by atoms with Gasteiger partial charge >= 0.3 is 216 Å². The van der Waals surface area contributed by atoms with Gasteiger partial charge in [-0.15, -0.1) is 0 Å². The summed E-state index contributed by atoms with van der Waals surface area (Å²) < 4.78 is 18.8. The molecule has 11 nitrogen and oxygen atoms in total. The van der Waals surface area contributed by atoms with Crippen molar-refractivity contribution in [3.63, 3.8) is 0 Å². The van der Waals surface area contributed by atoms with Gasteiger partial charge in [0, 0.05) is 12.6 Å². The number of nitrogens with zero attached hydrogens (tertiary/aromatic N) is 2. The second kappa shape index (κ2) is 28.6. The maximum absolute atomic E-state index is 14.4. The minimum atomic E-state index is -2.29. The summed E-state index contributed by atoms with van der Waals surface area (Å²) in [6.45, 7) is 21.2. The van der Waals surface area contributed by atoms with Gasteiger partial charge in [0.2, 0.25) is 5.91 Å². The fourth-order valence-corrected chi connectivity index (χ4v) is 18.0. The number of cyclic esters (lactones) is 1. The number of ether oxygens (including phenoxy) is 3. The van der Waals surface area contributed by atoms with Gasteiger partial charge in [-0.25, -0.2) is 0 Å². The van der Waals surface area contributed by atoms with Crippen molar-refractivity contribution in [2.75, 3.05) is 26.8 Å². The zero-order valence-electron chi connectivity index (χ0n) is 48.5. The zero-order chi connectivity index (χ0) is 55.3. The van der Waals surface area contributed by atoms with Gasteiger partial charge in [0.15, 0.2) is 6.29 Å². The number of aryl methyl sites for hydroxylation is 3. The Morgan fingerprint density at radius 2 is 1.25 bits per heavy atom. The Balaban J connectivity index is 1.18. The van der Waals surface area contributed by atoms with Crippen LogP contribution in [0, 0.1) is 38.5 Å². The second-order valence-corrected chi connectivity index (χ2v) is 28.3. The van der Waals surface area contributed by atoms with Crippen molar-refractivity contribution in [1.82, 2.24) is 9.80 Å². The smallest absolute Gasteiger partial charge is 0.126 e. The van der Waals surface area contributed by atoms with E-state index in [9.17, 15) is 30.0 Å². The molecular formula is C63H101N2O9P. The molecule has 0 unspecified atom stereocenters. The van der Waals surface area contributed by atoms with Crippen molar-refractivity contribution in [3.05, 3.63) is 89.5 Å². The van der Waals surface area contributed by atoms with Crippen LogP contribution in [-0.2, 0) is 23.8 Å². The summed E-state index contributed by atoms with van der Waals surface area (Å²) in [6.07, 6.45) is 8.24. The molecule has 5 rings (SSSR count). The molecule has 0 aliphatic carbocycles. The molecule has 13 atom stereocenters. The zero-order valence-corrected chi connectivity index (χ0v) is 49.5. The molecule has 2 aliphatic heterocycles. The number of aliphatic hydroxyl groups is 4. The SMILES string of the molecule is CC[C@H]1OC(=O)[C@H](C)C[C@H](C)[C@@H](O[C@@H]2O[C@H](C)C[C@H](N(C)C)[C@H]2O)[C@](C)(O)C[C@@H](C)CN(C(=O)CCCCCCCCCCCC[PH](c2cccc(C)c2)(c2cccc(C)c2)c2cccc(C)c2)[C@H](C)[C@@H](O)[C@]1(C)O. The Morgan fingerprint density at radius 3 is 1.73 bits per heavy atom. The van der Waals surface area contributed by atoms with Gasteiger partial charge < -0.3 is 44.4 Å². The third-order valence-electron chi connectivity index (χ3n) is 17.0. The van der Waals surface area contributed by atoms with Crippen molar-refractivity contribution in [1.29, 1.82) is 0 Å². The summed E-state index contributed by atoms with van der Waals surface area (Å²) >= 11 is 0. The van der Waals surface area contributed by atoms with Crippen LogP contribution in [0.2, 0.25) is 0 Å². The van der Waals surface area contributed by atoms with Gasteiger partial charge in [-0.1, -0.05) is 27.7 Å². The van der Waals surface area contributed by atoms with Crippen molar-refractivity contribution in [2.45, 2.75) is 233 Å². The fourth-order valence-electron chi connectivity index (χ4n) is 12.8. The van der Waals surface area contributed by atoms with Crippen molar-refractivity contribution in [2.24, 2.45) is 17.8 Å². The Labute approximate surface area is 453 Å². The fraction of sp³-hybridized carbons (Fsp3) is 0.683. The van der Waals surface area contributed by atoms with Gasteiger partial charge in [0.25, 0.3) is 0 Å². The van der Waals surface area contributed by atoms with Gasteiger partial charge in [-0.05, 0) is 79.3 Å². The molecule has 75 heavy (non-hydrogen) atoms. The average molecular weight is 1060 g/mol. The number of hydrogen-bond donors (Lipinski definition) is 4. The van der Waals surface area contributed by atoms with Crippen LogP contribution in [0.25, 0.3) is 0 Å². The number of likely N-dealkylation sites (N-methyl/N-ethyl adjacent to an activating group) is 1. The van der Waals surface area contributed by atoms with E-state index in [1.807, 2.05) is 39.8 Å². The van der Waals surface area contributed by atoms with Crippen LogP contribution >= 0.6 is 7.26 Å². The standard InChI is InChI=1S/C63H101N2O9P/c1-14-55-63(11,71)58(68)50(9)65(42-46(5)41-62(10,70)59(47(6)39-48(7)60(69)73-55)74-61-57(67)54(64(12)13)40-49(8)72-61)56(66)34-23-21-19-17-15-16-18-20-22-24-35-75(51-31-25-28-43(2)36-51,52-32-26-29-44(3)37-52)53-33-27-30-45(4)38-53/h25-33,36-38,46-50,54-55,57-59,61,67-68,70-71,75H,14-24,34-35,39-42H2,1-13H3/t46-,47+,48-,49-,50-,54+,55-,57-,58-,59-,61+,62-,63-/m1/s1. The molecule has 0 radical (unpaired) electrons. The largest absolute Gasteiger partial charge is 0.388 e. The van der Waals surface area contributed by atoms with E-state index in [2.05, 4.69) is 93.6 Å². The van der Waals surface area contributed by atoms with Gasteiger partial charge in [0.1, 0.15) is 23.9 Å². The molecule has 12 heteroatoms. The maximum Gasteiger partial charge on any atom is 0.126 e. The van der Waals surface area contributed by atoms with Crippen LogP contribution in [0.5, 0.6) is 0 Å². The average Bonchev–Trinajstić information content (AvgIpc) is 3.35. The van der Waals surface area contributed by atoms with E-state index >= 15 is 0 Å². The Bertz CT molecular complexity index is 2120. The number of aliphatic hydroxyl groups excluding tert-OH is 2. The van der Waals surface area contributed by atoms with Crippen LogP contribution in [0.3, 0.4) is 0 Å². The van der Waals surface area contributed by atoms with E-state index in [-0.39, 0.29) is 56.2 Å². The molecule has 3 aromatic carbocycles. The van der Waals surface area contributed by atoms with E-state index in [1.54, 1.807) is 32.6 Å². The van der Waals surface area contributed by atoms with E-state index in [4.69, 9.17) is 14.2 Å². The number of carbonyl (C=O) groups excluding carboxylic acids is 2. The van der Waals surface area contributed by atoms with Crippen molar-refractivity contribution < 1.29 is 44.2 Å². The van der Waals surface area contributed by atoms with Gasteiger partial charge in [-0.2, -0.15) is 0 Å². The number of unbranched alkanes of at least 4 members (excludes halogenated alkanes) is 9. The minimum absolute atomic E-state index is 0.130. The first-order valence-electron chi connectivity index (χ1n) is 28.9. The molecule has 0 saturated carbocycles. The summed E-state index contributed by atoms with van der Waals surface area (Å²) in [5, 5.41) is 52.3. The topological polar surface area (TPSA) is 149 Å². The predicted octanol–water partition coefficient (Wildman–Crippen LogP) is 9.84. The van der Waals surface area contributed by atoms with Crippen LogP contribution in [0.15, 0.2) is 72.8 Å². The second-order valence-electron chi connectivity index (χ2n) is 24.2. The van der Waals surface area contributed by atoms with Gasteiger partial charge in [-0.3, -0.25) is 9.59 Å². The Morgan fingerprint density at radius 1 is 0.760 bits per heavy atom. The third kappa shape index (κ3) is 16.6. The summed E-state index contributed by atoms with van der Waals surface area (Å²) in [7, 11) is 1.53. The first-order valence-corrected chi connectivity index (χ1v) is 31.1. The first-order chi connectivity index (χ1) is 35.4. The molecule has 422 valence electrons. The number of carbonyl (C=O) groups is 2. The summed E-state index contributed by atoms with van der Waals surface area (Å²) in [5.41, 5.74) is 0.590. The molecule has 1 amide bonds. The van der Waals surface area contributed by atoms with Crippen LogP contribution in [0.1, 0.15) is 168 Å². The van der Waals surface area contributed by atoms with Crippen LogP contribution < -0.4 is 15.9 Å². The summed E-state index contributed by atoms with van der Waals surface area (Å²) in [5.74, 6) is -1.98. The Kier molecular flexibility index (Phi) is 23.8. The number of benzene rings is 3. The molecule has 0 bridgehead atoms. The van der Waals surface area contributed by atoms with Crippen molar-refractivity contribution in [3.8, 4) is 0 Å². The monoisotopic (exact) mass is 1060 g/mol. The third-order valence-corrected chi connectivity index (χ3v) is 22.0. The predicted molar refractivity (Wildman–Crippen MR) is 309 cm³/mol. The van der Waals surface area contributed by atoms with E-state index in [0.717, 1.165) is 25.7 Å². The maximum atomic E-state index is 14.4. The van der Waals surface area contributed by atoms with Crippen LogP contribution in [-0.4, -0.2) is 129 Å². The van der Waals surface area contributed by atoms with Crippen LogP contribution in [0.4, 0.5) is 0 Å². The molecule has 2 heterocycles. The number of amides is 1. The molecule has 0 aromatic heterocycles. The number of hydrogen-bond acceptors (Lipinski definition) is 10. The van der Waals surface area contributed by atoms with Gasteiger partial charge in [0.05, 0.1) is 29.8 Å². The normalized spacial score (nSPS) is 30.9. The van der Waals surface area contributed by atoms with Crippen molar-refractivity contribution >= 4 is 35.1 Å². The molecular weight excluding hydrogens is 960 g/mol. The Hall–Kier alpha value is -3.25. The number of rotatable bonds is 20. The van der Waals surface area contributed by atoms with E-state index < -0.39 is 73.0 Å². The minimum Gasteiger partial charge on any atom is -0.388 e. The van der Waals surface area contributed by atoms with E-state index in [1.165, 1.54) is 77.8 Å². The molecule has 3 aromatic rings. The molecule has 2 saturated heterocycles. The molecule has 2 aliphatic rings. The summed E-state index contributed by atoms with van der Waals surface area (Å²) in [4.78, 5) is 31.7. The molecule has 0 spiro atoms. The first kappa shape index (κ1) is 62.6. The quantitative estimate of drug-likeness (QED) is 0.0490. The molecule has 4 N–H and O–H groups in total. The van der Waals surface area contributed by atoms with E-state index in [0.29, 0.717) is 12.8 Å². The number of esters is 1. The molecule has 2 fully saturated rings.